The molecule has 1 heterocycles. The van der Waals surface area contributed by atoms with E-state index >= 15 is 0 Å². The molecule has 1 amide bonds. The van der Waals surface area contributed by atoms with E-state index in [0.717, 1.165) is 10.9 Å². The zero-order valence-corrected chi connectivity index (χ0v) is 16.9. The second-order valence-electron chi connectivity index (χ2n) is 6.23. The normalized spacial score (nSPS) is 10.8. The number of pyridine rings is 1. The van der Waals surface area contributed by atoms with E-state index in [2.05, 4.69) is 10.3 Å². The van der Waals surface area contributed by atoms with Crippen molar-refractivity contribution >= 4 is 34.1 Å². The van der Waals surface area contributed by atoms with Crippen LogP contribution in [0.4, 0.5) is 5.69 Å². The van der Waals surface area contributed by atoms with Gasteiger partial charge in [0.15, 0.2) is 6.61 Å². The molecule has 0 unspecified atom stereocenters. The molecule has 1 N–H and O–H groups in total. The van der Waals surface area contributed by atoms with Gasteiger partial charge in [0.25, 0.3) is 5.91 Å². The summed E-state index contributed by atoms with van der Waals surface area (Å²) in [7, 11) is 0. The van der Waals surface area contributed by atoms with Crippen LogP contribution in [0.2, 0.25) is 5.02 Å². The average molecular weight is 415 g/mol. The van der Waals surface area contributed by atoms with Crippen molar-refractivity contribution in [2.24, 2.45) is 0 Å². The molecular weight excluding hydrogens is 392 g/mol. The van der Waals surface area contributed by atoms with Crippen LogP contribution < -0.4 is 10.1 Å². The topological polar surface area (TPSA) is 69.7 Å². The first-order chi connectivity index (χ1) is 14.2. The summed E-state index contributed by atoms with van der Waals surface area (Å²) in [6, 6.07) is 14.6. The zero-order chi connectivity index (χ0) is 20.5. The number of hydrogen-bond acceptors (Lipinski definition) is 5. The summed E-state index contributed by atoms with van der Waals surface area (Å²) in [5, 5.41) is 4.20. The first-order valence-electron chi connectivity index (χ1n) is 9.37. The van der Waals surface area contributed by atoms with Crippen LogP contribution in [0.5, 0.6) is 5.75 Å². The number of hydrogen-bond donors (Lipinski definition) is 1. The third-order valence-electron chi connectivity index (χ3n) is 4.09. The summed E-state index contributed by atoms with van der Waals surface area (Å²) in [4.78, 5) is 16.6. The molecule has 3 rings (SSSR count). The van der Waals surface area contributed by atoms with Crippen molar-refractivity contribution in [3.05, 3.63) is 65.3 Å². The van der Waals surface area contributed by atoms with Crippen LogP contribution in [0.1, 0.15) is 12.5 Å². The van der Waals surface area contributed by atoms with Gasteiger partial charge in [0, 0.05) is 23.9 Å². The summed E-state index contributed by atoms with van der Waals surface area (Å²) < 4.78 is 16.5. The van der Waals surface area contributed by atoms with Crippen molar-refractivity contribution in [2.75, 3.05) is 31.7 Å². The Balaban J connectivity index is 1.54. The molecule has 152 valence electrons. The van der Waals surface area contributed by atoms with E-state index in [0.29, 0.717) is 48.4 Å². The highest BCUT2D eigenvalue weighted by atomic mass is 35.5. The molecule has 0 aliphatic carbocycles. The van der Waals surface area contributed by atoms with Gasteiger partial charge in [-0.1, -0.05) is 23.7 Å². The monoisotopic (exact) mass is 414 g/mol. The summed E-state index contributed by atoms with van der Waals surface area (Å²) in [6.45, 7) is 4.04. The van der Waals surface area contributed by atoms with Crippen LogP contribution >= 0.6 is 11.6 Å². The van der Waals surface area contributed by atoms with Crippen molar-refractivity contribution in [1.82, 2.24) is 4.98 Å². The van der Waals surface area contributed by atoms with Gasteiger partial charge in [-0.25, -0.2) is 0 Å². The van der Waals surface area contributed by atoms with Gasteiger partial charge in [0.2, 0.25) is 0 Å². The van der Waals surface area contributed by atoms with E-state index in [9.17, 15) is 4.79 Å². The smallest absolute Gasteiger partial charge is 0.262 e. The SMILES string of the molecule is CCOCCOCc1cccc(NC(=O)COc2ccc(Cl)c3cccnc23)c1. The Bertz CT molecular complexity index is 964. The lowest BCUT2D eigenvalue weighted by Gasteiger charge is -2.11. The predicted molar refractivity (Wildman–Crippen MR) is 113 cm³/mol. The summed E-state index contributed by atoms with van der Waals surface area (Å²) >= 11 is 6.18. The summed E-state index contributed by atoms with van der Waals surface area (Å²) in [6.07, 6.45) is 1.66. The predicted octanol–water partition coefficient (Wildman–Crippen LogP) is 4.46. The van der Waals surface area contributed by atoms with E-state index in [1.165, 1.54) is 0 Å². The average Bonchev–Trinajstić information content (AvgIpc) is 2.74. The Labute approximate surface area is 174 Å². The lowest BCUT2D eigenvalue weighted by Crippen LogP contribution is -2.20. The zero-order valence-electron chi connectivity index (χ0n) is 16.2. The molecular formula is C22H23ClN2O4. The fraction of sp³-hybridized carbons (Fsp3) is 0.273. The van der Waals surface area contributed by atoms with Gasteiger partial charge in [0.1, 0.15) is 11.3 Å². The number of ether oxygens (including phenoxy) is 3. The van der Waals surface area contributed by atoms with Gasteiger partial charge in [-0.2, -0.15) is 0 Å². The van der Waals surface area contributed by atoms with Crippen LogP contribution in [0.25, 0.3) is 10.9 Å². The Morgan fingerprint density at radius 3 is 2.83 bits per heavy atom. The van der Waals surface area contributed by atoms with Gasteiger partial charge in [-0.3, -0.25) is 9.78 Å². The number of nitrogens with one attached hydrogen (secondary N) is 1. The molecule has 0 saturated heterocycles. The number of carbonyl (C=O) groups excluding carboxylic acids is 1. The van der Waals surface area contributed by atoms with Crippen molar-refractivity contribution in [1.29, 1.82) is 0 Å². The molecule has 0 atom stereocenters. The molecule has 0 aliphatic rings. The van der Waals surface area contributed by atoms with E-state index in [1.54, 1.807) is 24.4 Å². The van der Waals surface area contributed by atoms with Gasteiger partial charge >= 0.3 is 0 Å². The number of amides is 1. The lowest BCUT2D eigenvalue weighted by atomic mass is 10.2. The number of fused-ring (bicyclic) bond motifs is 1. The first kappa shape index (κ1) is 21.0. The molecule has 0 saturated carbocycles. The molecule has 2 aromatic carbocycles. The molecule has 0 fully saturated rings. The summed E-state index contributed by atoms with van der Waals surface area (Å²) in [5.41, 5.74) is 2.27. The van der Waals surface area contributed by atoms with Crippen molar-refractivity contribution in [3.8, 4) is 5.75 Å². The molecule has 0 bridgehead atoms. The maximum absolute atomic E-state index is 12.3. The Morgan fingerprint density at radius 1 is 1.10 bits per heavy atom. The van der Waals surface area contributed by atoms with Crippen LogP contribution in [0, 0.1) is 0 Å². The standard InChI is InChI=1S/C22H23ClN2O4/c1-2-27-11-12-28-14-16-5-3-6-17(13-16)25-21(26)15-29-20-9-8-19(23)18-7-4-10-24-22(18)20/h3-10,13H,2,11-12,14-15H2,1H3,(H,25,26). The molecule has 1 aromatic heterocycles. The van der Waals surface area contributed by atoms with E-state index < -0.39 is 0 Å². The number of nitrogens with zero attached hydrogens (tertiary/aromatic N) is 1. The number of carbonyl (C=O) groups is 1. The first-order valence-corrected chi connectivity index (χ1v) is 9.75. The second kappa shape index (κ2) is 10.8. The maximum Gasteiger partial charge on any atom is 0.262 e. The number of anilines is 1. The van der Waals surface area contributed by atoms with Gasteiger partial charge in [-0.05, 0) is 48.9 Å². The van der Waals surface area contributed by atoms with Crippen molar-refractivity contribution in [3.63, 3.8) is 0 Å². The van der Waals surface area contributed by atoms with Crippen molar-refractivity contribution in [2.45, 2.75) is 13.5 Å². The molecule has 0 radical (unpaired) electrons. The number of rotatable bonds is 10. The Kier molecular flexibility index (Phi) is 7.81. The third-order valence-corrected chi connectivity index (χ3v) is 4.42. The Hall–Kier alpha value is -2.67. The molecule has 7 heteroatoms. The number of benzene rings is 2. The van der Waals surface area contributed by atoms with Crippen molar-refractivity contribution < 1.29 is 19.0 Å². The molecule has 3 aromatic rings. The second-order valence-corrected chi connectivity index (χ2v) is 6.64. The van der Waals surface area contributed by atoms with Crippen LogP contribution in [0.15, 0.2) is 54.7 Å². The van der Waals surface area contributed by atoms with Gasteiger partial charge in [-0.15, -0.1) is 0 Å². The Morgan fingerprint density at radius 2 is 1.97 bits per heavy atom. The fourth-order valence-electron chi connectivity index (χ4n) is 2.76. The molecule has 0 spiro atoms. The highest BCUT2D eigenvalue weighted by molar-refractivity contribution is 6.35. The lowest BCUT2D eigenvalue weighted by molar-refractivity contribution is -0.118. The third kappa shape index (κ3) is 6.15. The minimum atomic E-state index is -0.265. The minimum Gasteiger partial charge on any atom is -0.481 e. The number of halogens is 1. The van der Waals surface area contributed by atoms with E-state index in [-0.39, 0.29) is 12.5 Å². The van der Waals surface area contributed by atoms with Gasteiger partial charge in [0.05, 0.1) is 24.8 Å². The highest BCUT2D eigenvalue weighted by Crippen LogP contribution is 2.29. The minimum absolute atomic E-state index is 0.137. The van der Waals surface area contributed by atoms with Crippen LogP contribution in [-0.4, -0.2) is 37.3 Å². The molecule has 6 nitrogen and oxygen atoms in total. The maximum atomic E-state index is 12.3. The van der Waals surface area contributed by atoms with Crippen LogP contribution in [0.3, 0.4) is 0 Å². The number of aromatic nitrogens is 1. The van der Waals surface area contributed by atoms with Crippen LogP contribution in [-0.2, 0) is 20.9 Å². The molecule has 0 aliphatic heterocycles. The quantitative estimate of drug-likeness (QED) is 0.496. The van der Waals surface area contributed by atoms with E-state index in [4.69, 9.17) is 25.8 Å². The largest absolute Gasteiger partial charge is 0.481 e. The molecule has 29 heavy (non-hydrogen) atoms. The highest BCUT2D eigenvalue weighted by Gasteiger charge is 2.09. The fourth-order valence-corrected chi connectivity index (χ4v) is 2.98. The summed E-state index contributed by atoms with van der Waals surface area (Å²) in [5.74, 6) is 0.245. The van der Waals surface area contributed by atoms with Gasteiger partial charge < -0.3 is 19.5 Å². The van der Waals surface area contributed by atoms with E-state index in [1.807, 2.05) is 37.3 Å².